The fourth-order valence-corrected chi connectivity index (χ4v) is 2.68. The van der Waals surface area contributed by atoms with Crippen LogP contribution in [0.5, 0.6) is 5.75 Å². The van der Waals surface area contributed by atoms with Crippen molar-refractivity contribution in [3.05, 3.63) is 29.3 Å². The molecule has 0 saturated carbocycles. The quantitative estimate of drug-likeness (QED) is 0.767. The summed E-state index contributed by atoms with van der Waals surface area (Å²) in [5.41, 5.74) is 2.67. The first-order valence-corrected chi connectivity index (χ1v) is 7.77. The fraction of sp³-hybridized carbons (Fsp3) is 0.647. The van der Waals surface area contributed by atoms with Crippen molar-refractivity contribution in [1.29, 1.82) is 0 Å². The third-order valence-electron chi connectivity index (χ3n) is 4.14. The van der Waals surface area contributed by atoms with Crippen LogP contribution < -0.4 is 10.1 Å². The van der Waals surface area contributed by atoms with E-state index in [4.69, 9.17) is 4.74 Å². The molecule has 0 spiro atoms. The summed E-state index contributed by atoms with van der Waals surface area (Å²) in [5, 5.41) is 12.9. The first-order chi connectivity index (χ1) is 9.67. The van der Waals surface area contributed by atoms with Crippen molar-refractivity contribution in [2.75, 3.05) is 19.8 Å². The Morgan fingerprint density at radius 3 is 2.85 bits per heavy atom. The Balaban J connectivity index is 1.82. The van der Waals surface area contributed by atoms with Gasteiger partial charge in [0.15, 0.2) is 0 Å². The maximum absolute atomic E-state index is 9.52. The number of hydrogen-bond acceptors (Lipinski definition) is 3. The second-order valence-electron chi connectivity index (χ2n) is 6.03. The zero-order valence-corrected chi connectivity index (χ0v) is 12.7. The van der Waals surface area contributed by atoms with Crippen LogP contribution >= 0.6 is 0 Å². The third-order valence-corrected chi connectivity index (χ3v) is 4.14. The molecule has 1 aliphatic rings. The Bertz CT molecular complexity index is 433. The van der Waals surface area contributed by atoms with Gasteiger partial charge in [-0.2, -0.15) is 0 Å². The van der Waals surface area contributed by atoms with Gasteiger partial charge in [-0.15, -0.1) is 0 Å². The summed E-state index contributed by atoms with van der Waals surface area (Å²) in [4.78, 5) is 0. The van der Waals surface area contributed by atoms with Gasteiger partial charge in [0, 0.05) is 12.0 Å². The van der Waals surface area contributed by atoms with E-state index in [9.17, 15) is 5.11 Å². The summed E-state index contributed by atoms with van der Waals surface area (Å²) in [7, 11) is 0. The smallest absolute Gasteiger partial charge is 0.119 e. The monoisotopic (exact) mass is 277 g/mol. The molecule has 1 aromatic carbocycles. The molecule has 1 unspecified atom stereocenters. The number of aliphatic hydroxyl groups excluding tert-OH is 1. The topological polar surface area (TPSA) is 41.5 Å². The van der Waals surface area contributed by atoms with Gasteiger partial charge in [-0.3, -0.25) is 0 Å². The number of aliphatic hydroxyl groups is 1. The molecule has 0 heterocycles. The summed E-state index contributed by atoms with van der Waals surface area (Å²) in [6, 6.07) is 6.44. The average Bonchev–Trinajstić information content (AvgIpc) is 2.93. The normalized spacial score (nSPS) is 16.8. The van der Waals surface area contributed by atoms with Crippen LogP contribution in [0.1, 0.15) is 44.2 Å². The lowest BCUT2D eigenvalue weighted by Gasteiger charge is -2.28. The summed E-state index contributed by atoms with van der Waals surface area (Å²) < 4.78 is 5.86. The highest BCUT2D eigenvalue weighted by molar-refractivity contribution is 5.38. The van der Waals surface area contributed by atoms with Crippen molar-refractivity contribution in [1.82, 2.24) is 5.32 Å². The highest BCUT2D eigenvalue weighted by atomic mass is 16.5. The van der Waals surface area contributed by atoms with Crippen LogP contribution in [0.2, 0.25) is 0 Å². The first kappa shape index (κ1) is 15.3. The minimum Gasteiger partial charge on any atom is -0.494 e. The van der Waals surface area contributed by atoms with Gasteiger partial charge in [-0.05, 0) is 62.4 Å². The molecule has 0 saturated heterocycles. The van der Waals surface area contributed by atoms with E-state index in [-0.39, 0.29) is 12.1 Å². The molecule has 0 aromatic heterocycles. The molecular weight excluding hydrogens is 250 g/mol. The molecule has 112 valence electrons. The number of hydrogen-bond donors (Lipinski definition) is 2. The zero-order chi connectivity index (χ0) is 14.4. The van der Waals surface area contributed by atoms with Gasteiger partial charge in [0.1, 0.15) is 5.75 Å². The highest BCUT2D eigenvalue weighted by Gasteiger charge is 2.22. The largest absolute Gasteiger partial charge is 0.494 e. The summed E-state index contributed by atoms with van der Waals surface area (Å²) >= 11 is 0. The van der Waals surface area contributed by atoms with Crippen LogP contribution in [0, 0.1) is 0 Å². The molecule has 1 aromatic rings. The predicted octanol–water partition coefficient (Wildman–Crippen LogP) is 2.69. The van der Waals surface area contributed by atoms with Gasteiger partial charge in [0.05, 0.1) is 13.2 Å². The van der Waals surface area contributed by atoms with E-state index in [1.165, 1.54) is 30.4 Å². The maximum atomic E-state index is 9.52. The summed E-state index contributed by atoms with van der Waals surface area (Å²) in [6.07, 6.45) is 5.53. The van der Waals surface area contributed by atoms with Crippen molar-refractivity contribution >= 4 is 0 Å². The van der Waals surface area contributed by atoms with Gasteiger partial charge >= 0.3 is 0 Å². The van der Waals surface area contributed by atoms with Crippen LogP contribution in [0.25, 0.3) is 0 Å². The van der Waals surface area contributed by atoms with E-state index in [0.717, 1.165) is 25.1 Å². The predicted molar refractivity (Wildman–Crippen MR) is 82.4 cm³/mol. The number of aryl methyl sites for hydroxylation is 2. The lowest BCUT2D eigenvalue weighted by atomic mass is 9.99. The van der Waals surface area contributed by atoms with Gasteiger partial charge in [0.2, 0.25) is 0 Å². The molecule has 0 radical (unpaired) electrons. The van der Waals surface area contributed by atoms with E-state index < -0.39 is 0 Å². The molecule has 20 heavy (non-hydrogen) atoms. The van der Waals surface area contributed by atoms with Gasteiger partial charge in [-0.1, -0.05) is 13.0 Å². The SMILES string of the molecule is CCCNC(C)(CO)CCOc1ccc2c(c1)CCC2. The van der Waals surface area contributed by atoms with Crippen molar-refractivity contribution in [2.24, 2.45) is 0 Å². The zero-order valence-electron chi connectivity index (χ0n) is 12.7. The van der Waals surface area contributed by atoms with E-state index in [0.29, 0.717) is 6.61 Å². The summed E-state index contributed by atoms with van der Waals surface area (Å²) in [6.45, 7) is 5.88. The Morgan fingerprint density at radius 1 is 1.30 bits per heavy atom. The number of ether oxygens (including phenoxy) is 1. The van der Waals surface area contributed by atoms with Crippen LogP contribution in [0.3, 0.4) is 0 Å². The van der Waals surface area contributed by atoms with Crippen molar-refractivity contribution in [3.8, 4) is 5.75 Å². The van der Waals surface area contributed by atoms with E-state index >= 15 is 0 Å². The first-order valence-electron chi connectivity index (χ1n) is 7.77. The molecule has 2 rings (SSSR count). The molecule has 1 aliphatic carbocycles. The minimum absolute atomic E-state index is 0.139. The molecule has 3 heteroatoms. The molecule has 3 nitrogen and oxygen atoms in total. The highest BCUT2D eigenvalue weighted by Crippen LogP contribution is 2.26. The lowest BCUT2D eigenvalue weighted by molar-refractivity contribution is 0.144. The van der Waals surface area contributed by atoms with Crippen molar-refractivity contribution < 1.29 is 9.84 Å². The van der Waals surface area contributed by atoms with Crippen LogP contribution in [-0.2, 0) is 12.8 Å². The Hall–Kier alpha value is -1.06. The van der Waals surface area contributed by atoms with Gasteiger partial charge in [0.25, 0.3) is 0 Å². The maximum Gasteiger partial charge on any atom is 0.119 e. The molecule has 1 atom stereocenters. The van der Waals surface area contributed by atoms with E-state index in [2.05, 4.69) is 37.4 Å². The number of fused-ring (bicyclic) bond motifs is 1. The third kappa shape index (κ3) is 3.97. The molecule has 0 fully saturated rings. The molecule has 0 bridgehead atoms. The average molecular weight is 277 g/mol. The van der Waals surface area contributed by atoms with Crippen LogP contribution in [0.4, 0.5) is 0 Å². The van der Waals surface area contributed by atoms with E-state index in [1.54, 1.807) is 0 Å². The molecule has 0 aliphatic heterocycles. The van der Waals surface area contributed by atoms with Crippen LogP contribution in [-0.4, -0.2) is 30.4 Å². The van der Waals surface area contributed by atoms with Crippen molar-refractivity contribution in [3.63, 3.8) is 0 Å². The Kier molecular flexibility index (Phi) is 5.44. The second kappa shape index (κ2) is 7.09. The minimum atomic E-state index is -0.243. The number of rotatable bonds is 8. The number of nitrogens with one attached hydrogen (secondary N) is 1. The van der Waals surface area contributed by atoms with Gasteiger partial charge in [-0.25, -0.2) is 0 Å². The molecular formula is C17H27NO2. The molecule has 0 amide bonds. The Labute approximate surface area is 122 Å². The van der Waals surface area contributed by atoms with Crippen LogP contribution in [0.15, 0.2) is 18.2 Å². The van der Waals surface area contributed by atoms with Crippen molar-refractivity contribution in [2.45, 2.75) is 51.5 Å². The standard InChI is InChI=1S/C17H27NO2/c1-3-10-18-17(2,13-19)9-11-20-16-8-7-14-5-4-6-15(14)12-16/h7-8,12,18-19H,3-6,9-11,13H2,1-2H3. The van der Waals surface area contributed by atoms with Gasteiger partial charge < -0.3 is 15.2 Å². The fourth-order valence-electron chi connectivity index (χ4n) is 2.68. The van der Waals surface area contributed by atoms with E-state index in [1.807, 2.05) is 0 Å². The Morgan fingerprint density at radius 2 is 2.10 bits per heavy atom. The number of benzene rings is 1. The summed E-state index contributed by atoms with van der Waals surface area (Å²) in [5.74, 6) is 0.960. The lowest BCUT2D eigenvalue weighted by Crippen LogP contribution is -2.47. The second-order valence-corrected chi connectivity index (χ2v) is 6.03. The molecule has 2 N–H and O–H groups in total.